The van der Waals surface area contributed by atoms with Crippen LogP contribution in [0.5, 0.6) is 0 Å². The van der Waals surface area contributed by atoms with Crippen molar-refractivity contribution in [3.8, 4) is 0 Å². The molecule has 0 aromatic carbocycles. The fraction of sp³-hybridized carbons (Fsp3) is 1.00. The van der Waals surface area contributed by atoms with Crippen molar-refractivity contribution >= 4 is 7.85 Å². The molecule has 0 saturated heterocycles. The molecule has 0 amide bonds. The summed E-state index contributed by atoms with van der Waals surface area (Å²) in [5, 5.41) is 0. The van der Waals surface area contributed by atoms with Gasteiger partial charge in [-0.3, -0.25) is 0 Å². The summed E-state index contributed by atoms with van der Waals surface area (Å²) in [7, 11) is 2.23. The van der Waals surface area contributed by atoms with E-state index in [0.29, 0.717) is 0 Å². The van der Waals surface area contributed by atoms with E-state index < -0.39 is 0 Å². The maximum Gasteiger partial charge on any atom is 0.101 e. The maximum absolute atomic E-state index is 6.14. The van der Waals surface area contributed by atoms with Crippen LogP contribution in [-0.2, 0) is 4.74 Å². The van der Waals surface area contributed by atoms with Crippen LogP contribution in [-0.4, -0.2) is 19.0 Å². The van der Waals surface area contributed by atoms with Crippen LogP contribution in [0, 0.1) is 5.41 Å². The van der Waals surface area contributed by atoms with Crippen molar-refractivity contribution in [3.05, 3.63) is 0 Å². The fourth-order valence-corrected chi connectivity index (χ4v) is 1.83. The molecule has 0 bridgehead atoms. The molecule has 0 aromatic heterocycles. The summed E-state index contributed by atoms with van der Waals surface area (Å²) in [5.74, 6) is 0. The van der Waals surface area contributed by atoms with Crippen LogP contribution in [0.15, 0.2) is 0 Å². The van der Waals surface area contributed by atoms with Crippen molar-refractivity contribution < 1.29 is 4.74 Å². The van der Waals surface area contributed by atoms with Gasteiger partial charge < -0.3 is 4.74 Å². The average Bonchev–Trinajstić information content (AvgIpc) is 1.79. The van der Waals surface area contributed by atoms with Gasteiger partial charge in [-0.15, -0.1) is 0 Å². The Kier molecular flexibility index (Phi) is 4.27. The molecule has 0 rings (SSSR count). The molecule has 0 aliphatic carbocycles. The third-order valence-corrected chi connectivity index (χ3v) is 3.07. The van der Waals surface area contributed by atoms with E-state index in [-0.39, 0.29) is 16.6 Å². The van der Waals surface area contributed by atoms with Crippen molar-refractivity contribution in [2.75, 3.05) is 0 Å². The van der Waals surface area contributed by atoms with E-state index in [1.54, 1.807) is 0 Å². The molecule has 0 spiro atoms. The topological polar surface area (TPSA) is 9.23 Å². The molecular weight excluding hydrogens is 171 g/mol. The van der Waals surface area contributed by atoms with Crippen LogP contribution >= 0.6 is 0 Å². The lowest BCUT2D eigenvalue weighted by atomic mass is 9.71. The molecule has 0 saturated carbocycles. The van der Waals surface area contributed by atoms with Crippen molar-refractivity contribution in [2.24, 2.45) is 5.41 Å². The molecule has 0 fully saturated rings. The van der Waals surface area contributed by atoms with E-state index in [1.165, 1.54) is 12.7 Å². The zero-order valence-electron chi connectivity index (χ0n) is 11.3. The van der Waals surface area contributed by atoms with E-state index >= 15 is 0 Å². The highest BCUT2D eigenvalue weighted by Gasteiger charge is 2.39. The van der Waals surface area contributed by atoms with E-state index in [9.17, 15) is 0 Å². The van der Waals surface area contributed by atoms with Crippen LogP contribution in [0.4, 0.5) is 0 Å². The van der Waals surface area contributed by atoms with Crippen molar-refractivity contribution in [2.45, 2.75) is 72.4 Å². The Morgan fingerprint density at radius 2 is 1.36 bits per heavy atom. The van der Waals surface area contributed by atoms with E-state index in [0.717, 1.165) is 0 Å². The largest absolute Gasteiger partial charge is 0.369 e. The molecule has 1 nitrogen and oxygen atoms in total. The zero-order valence-corrected chi connectivity index (χ0v) is 11.3. The van der Waals surface area contributed by atoms with Gasteiger partial charge in [-0.1, -0.05) is 26.6 Å². The fourth-order valence-electron chi connectivity index (χ4n) is 1.83. The third-order valence-electron chi connectivity index (χ3n) is 3.07. The Balaban J connectivity index is 4.59. The second-order valence-electron chi connectivity index (χ2n) is 6.36. The molecule has 14 heavy (non-hydrogen) atoms. The van der Waals surface area contributed by atoms with Gasteiger partial charge in [-0.05, 0) is 40.0 Å². The molecule has 2 heteroatoms. The van der Waals surface area contributed by atoms with Crippen LogP contribution in [0.1, 0.15) is 54.9 Å². The lowest BCUT2D eigenvalue weighted by molar-refractivity contribution is -0.167. The van der Waals surface area contributed by atoms with Gasteiger partial charge in [0, 0.05) is 0 Å². The van der Waals surface area contributed by atoms with Gasteiger partial charge in [0.05, 0.1) is 11.2 Å². The first-order chi connectivity index (χ1) is 6.02. The first-order valence-corrected chi connectivity index (χ1v) is 5.72. The Morgan fingerprint density at radius 1 is 0.929 bits per heavy atom. The quantitative estimate of drug-likeness (QED) is 0.631. The minimum atomic E-state index is -0.0682. The number of hydrogen-bond donors (Lipinski definition) is 0. The minimum absolute atomic E-state index is 0.0610. The number of rotatable bonds is 4. The molecule has 0 aromatic rings. The smallest absolute Gasteiger partial charge is 0.101 e. The average molecular weight is 198 g/mol. The van der Waals surface area contributed by atoms with Crippen LogP contribution in [0.25, 0.3) is 0 Å². The maximum atomic E-state index is 6.14. The summed E-state index contributed by atoms with van der Waals surface area (Å²) in [6.45, 7) is 15.4. The summed E-state index contributed by atoms with van der Waals surface area (Å²) in [6.07, 6.45) is 2.42. The van der Waals surface area contributed by atoms with E-state index in [4.69, 9.17) is 4.74 Å². The van der Waals surface area contributed by atoms with Crippen molar-refractivity contribution in [1.29, 1.82) is 0 Å². The van der Waals surface area contributed by atoms with E-state index in [2.05, 4.69) is 56.3 Å². The highest BCUT2D eigenvalue weighted by molar-refractivity contribution is 6.08. The van der Waals surface area contributed by atoms with Gasteiger partial charge in [-0.2, -0.15) is 0 Å². The van der Waals surface area contributed by atoms with Gasteiger partial charge in [0.2, 0.25) is 0 Å². The second kappa shape index (κ2) is 4.26. The van der Waals surface area contributed by atoms with Gasteiger partial charge in [0.25, 0.3) is 0 Å². The Morgan fingerprint density at radius 3 is 1.64 bits per heavy atom. The SMILES string of the molecule is BCCC(C)(C)C(C)(C)OC(C)(C)C. The van der Waals surface area contributed by atoms with Gasteiger partial charge >= 0.3 is 0 Å². The zero-order chi connectivity index (χ0) is 11.6. The molecule has 0 aliphatic heterocycles. The standard InChI is InChI=1S/C12H27BO/c1-10(2,3)14-12(6,7)11(4,5)8-9-13/h8-9,13H2,1-7H3. The predicted molar refractivity (Wildman–Crippen MR) is 66.7 cm³/mol. The summed E-state index contributed by atoms with van der Waals surface area (Å²) in [6, 6.07) is 0. The normalized spacial score (nSPS) is 14.5. The van der Waals surface area contributed by atoms with Crippen molar-refractivity contribution in [3.63, 3.8) is 0 Å². The lowest BCUT2D eigenvalue weighted by Crippen LogP contribution is -2.46. The number of hydrogen-bond acceptors (Lipinski definition) is 1. The third kappa shape index (κ3) is 4.04. The number of ether oxygens (including phenoxy) is 1. The summed E-state index contributed by atoms with van der Waals surface area (Å²) in [4.78, 5) is 0. The Hall–Kier alpha value is 0.0249. The van der Waals surface area contributed by atoms with Crippen molar-refractivity contribution in [1.82, 2.24) is 0 Å². The highest BCUT2D eigenvalue weighted by Crippen LogP contribution is 2.40. The molecule has 0 unspecified atom stereocenters. The first kappa shape index (κ1) is 14.0. The molecule has 84 valence electrons. The summed E-state index contributed by atoms with van der Waals surface area (Å²) < 4.78 is 6.14. The van der Waals surface area contributed by atoms with Crippen LogP contribution in [0.3, 0.4) is 0 Å². The van der Waals surface area contributed by atoms with E-state index in [1.807, 2.05) is 0 Å². The van der Waals surface area contributed by atoms with Crippen LogP contribution in [0.2, 0.25) is 6.32 Å². The van der Waals surface area contributed by atoms with Gasteiger partial charge in [0.15, 0.2) is 0 Å². The molecule has 0 aliphatic rings. The highest BCUT2D eigenvalue weighted by atomic mass is 16.5. The minimum Gasteiger partial charge on any atom is -0.369 e. The second-order valence-corrected chi connectivity index (χ2v) is 6.36. The van der Waals surface area contributed by atoms with Gasteiger partial charge in [-0.25, -0.2) is 0 Å². The molecule has 0 radical (unpaired) electrons. The molecule has 0 N–H and O–H groups in total. The van der Waals surface area contributed by atoms with Gasteiger partial charge in [0.1, 0.15) is 7.85 Å². The Bertz CT molecular complexity index is 177. The predicted octanol–water partition coefficient (Wildman–Crippen LogP) is 3.05. The Labute approximate surface area is 91.0 Å². The van der Waals surface area contributed by atoms with Crippen LogP contribution < -0.4 is 0 Å². The summed E-state index contributed by atoms with van der Waals surface area (Å²) >= 11 is 0. The monoisotopic (exact) mass is 198 g/mol. The first-order valence-electron chi connectivity index (χ1n) is 5.72. The molecule has 0 heterocycles. The lowest BCUT2D eigenvalue weighted by Gasteiger charge is -2.45. The summed E-state index contributed by atoms with van der Waals surface area (Å²) in [5.41, 5.74) is 0.102. The molecular formula is C12H27BO. The molecule has 0 atom stereocenters.